The summed E-state index contributed by atoms with van der Waals surface area (Å²) < 4.78 is 4.52. The zero-order valence-corrected chi connectivity index (χ0v) is 11.1. The van der Waals surface area contributed by atoms with Crippen LogP contribution in [0.1, 0.15) is 23.2 Å². The highest BCUT2D eigenvalue weighted by Gasteiger charge is 2.12. The minimum absolute atomic E-state index is 0.149. The van der Waals surface area contributed by atoms with E-state index in [0.717, 1.165) is 0 Å². The van der Waals surface area contributed by atoms with E-state index in [-0.39, 0.29) is 17.0 Å². The maximum absolute atomic E-state index is 12.0. The smallest absolute Gasteiger partial charge is 0.305 e. The lowest BCUT2D eigenvalue weighted by Crippen LogP contribution is -2.28. The Morgan fingerprint density at radius 2 is 2.22 bits per heavy atom. The second kappa shape index (κ2) is 6.96. The Morgan fingerprint density at radius 3 is 2.83 bits per heavy atom. The van der Waals surface area contributed by atoms with Crippen LogP contribution in [0.5, 0.6) is 0 Å². The molecule has 0 aliphatic heterocycles. The number of hydrogen-bond acceptors (Lipinski definition) is 4. The molecule has 1 amide bonds. The van der Waals surface area contributed by atoms with Gasteiger partial charge in [-0.1, -0.05) is 11.6 Å². The van der Waals surface area contributed by atoms with Crippen molar-refractivity contribution in [2.45, 2.75) is 12.8 Å². The molecular formula is C12H15ClN2O3. The Bertz CT molecular complexity index is 437. The molecule has 0 unspecified atom stereocenters. The van der Waals surface area contributed by atoms with Gasteiger partial charge in [0.1, 0.15) is 5.15 Å². The van der Waals surface area contributed by atoms with Crippen LogP contribution in [0.25, 0.3) is 0 Å². The third-order valence-electron chi connectivity index (χ3n) is 2.42. The number of nitrogens with zero attached hydrogens (tertiary/aromatic N) is 2. The number of rotatable bonds is 5. The number of ether oxygens (including phenoxy) is 1. The fourth-order valence-electron chi connectivity index (χ4n) is 1.42. The van der Waals surface area contributed by atoms with Gasteiger partial charge in [-0.3, -0.25) is 9.59 Å². The molecule has 0 aliphatic carbocycles. The van der Waals surface area contributed by atoms with E-state index in [2.05, 4.69) is 9.72 Å². The first-order chi connectivity index (χ1) is 8.54. The molecular weight excluding hydrogens is 256 g/mol. The van der Waals surface area contributed by atoms with Crippen LogP contribution in [0, 0.1) is 0 Å². The maximum atomic E-state index is 12.0. The molecule has 1 aromatic heterocycles. The van der Waals surface area contributed by atoms with Crippen LogP contribution < -0.4 is 0 Å². The number of pyridine rings is 1. The number of hydrogen-bond donors (Lipinski definition) is 0. The molecule has 0 fully saturated rings. The van der Waals surface area contributed by atoms with Gasteiger partial charge in [-0.15, -0.1) is 0 Å². The number of aromatic nitrogens is 1. The van der Waals surface area contributed by atoms with E-state index in [4.69, 9.17) is 11.6 Å². The Balaban J connectivity index is 2.49. The quantitative estimate of drug-likeness (QED) is 0.604. The van der Waals surface area contributed by atoms with Crippen molar-refractivity contribution < 1.29 is 14.3 Å². The summed E-state index contributed by atoms with van der Waals surface area (Å²) in [5, 5.41) is 0.281. The highest BCUT2D eigenvalue weighted by Crippen LogP contribution is 2.09. The fraction of sp³-hybridized carbons (Fsp3) is 0.417. The van der Waals surface area contributed by atoms with E-state index in [1.165, 1.54) is 24.3 Å². The Kier molecular flexibility index (Phi) is 5.58. The standard InChI is InChI=1S/C12H15ClN2O3/c1-15(7-3-4-11(16)18-2)12(17)9-5-6-14-10(13)8-9/h5-6,8H,3-4,7H2,1-2H3. The fourth-order valence-corrected chi connectivity index (χ4v) is 1.59. The number of halogens is 1. The predicted molar refractivity (Wildman–Crippen MR) is 67.5 cm³/mol. The Hall–Kier alpha value is -1.62. The normalized spacial score (nSPS) is 9.94. The van der Waals surface area contributed by atoms with E-state index >= 15 is 0 Å². The zero-order chi connectivity index (χ0) is 13.5. The van der Waals surface area contributed by atoms with E-state index in [0.29, 0.717) is 24.9 Å². The SMILES string of the molecule is COC(=O)CCCN(C)C(=O)c1ccnc(Cl)c1. The maximum Gasteiger partial charge on any atom is 0.305 e. The van der Waals surface area contributed by atoms with E-state index < -0.39 is 0 Å². The summed E-state index contributed by atoms with van der Waals surface area (Å²) in [6.45, 7) is 0.480. The molecule has 0 aliphatic rings. The molecule has 1 heterocycles. The van der Waals surface area contributed by atoms with E-state index in [9.17, 15) is 9.59 Å². The van der Waals surface area contributed by atoms with Gasteiger partial charge in [0.15, 0.2) is 0 Å². The van der Waals surface area contributed by atoms with Crippen molar-refractivity contribution >= 4 is 23.5 Å². The molecule has 1 aromatic rings. The molecule has 0 N–H and O–H groups in total. The molecule has 0 aromatic carbocycles. The van der Waals surface area contributed by atoms with Gasteiger partial charge < -0.3 is 9.64 Å². The summed E-state index contributed by atoms with van der Waals surface area (Å²) in [5.74, 6) is -0.424. The molecule has 0 radical (unpaired) electrons. The van der Waals surface area contributed by atoms with Gasteiger partial charge in [0.25, 0.3) is 5.91 Å². The van der Waals surface area contributed by atoms with Gasteiger partial charge in [-0.05, 0) is 18.6 Å². The molecule has 0 saturated carbocycles. The molecule has 5 nitrogen and oxygen atoms in total. The van der Waals surface area contributed by atoms with Gasteiger partial charge >= 0.3 is 5.97 Å². The average Bonchev–Trinajstić information content (AvgIpc) is 2.37. The van der Waals surface area contributed by atoms with Gasteiger partial charge in [0, 0.05) is 31.8 Å². The molecule has 0 atom stereocenters. The highest BCUT2D eigenvalue weighted by molar-refractivity contribution is 6.29. The van der Waals surface area contributed by atoms with Crippen LogP contribution in [-0.4, -0.2) is 42.5 Å². The van der Waals surface area contributed by atoms with Crippen LogP contribution in [0.3, 0.4) is 0 Å². The Labute approximate surface area is 111 Å². The topological polar surface area (TPSA) is 59.5 Å². The van der Waals surface area contributed by atoms with Crippen LogP contribution in [0.15, 0.2) is 18.3 Å². The van der Waals surface area contributed by atoms with Crippen molar-refractivity contribution in [2.24, 2.45) is 0 Å². The lowest BCUT2D eigenvalue weighted by molar-refractivity contribution is -0.140. The van der Waals surface area contributed by atoms with Gasteiger partial charge in [-0.2, -0.15) is 0 Å². The largest absolute Gasteiger partial charge is 0.469 e. The summed E-state index contributed by atoms with van der Waals surface area (Å²) >= 11 is 5.72. The van der Waals surface area contributed by atoms with Gasteiger partial charge in [-0.25, -0.2) is 4.98 Å². The van der Waals surface area contributed by atoms with Crippen molar-refractivity contribution in [3.05, 3.63) is 29.0 Å². The summed E-state index contributed by atoms with van der Waals surface area (Å²) in [5.41, 5.74) is 0.482. The van der Waals surface area contributed by atoms with Crippen molar-refractivity contribution in [3.63, 3.8) is 0 Å². The van der Waals surface area contributed by atoms with Gasteiger partial charge in [0.05, 0.1) is 7.11 Å². The minimum atomic E-state index is -0.275. The molecule has 0 bridgehead atoms. The summed E-state index contributed by atoms with van der Waals surface area (Å²) in [4.78, 5) is 28.2. The summed E-state index contributed by atoms with van der Waals surface area (Å²) in [7, 11) is 3.02. The van der Waals surface area contributed by atoms with Crippen molar-refractivity contribution in [3.8, 4) is 0 Å². The second-order valence-electron chi connectivity index (χ2n) is 3.77. The molecule has 1 rings (SSSR count). The van der Waals surface area contributed by atoms with Crippen molar-refractivity contribution in [1.82, 2.24) is 9.88 Å². The minimum Gasteiger partial charge on any atom is -0.469 e. The summed E-state index contributed by atoms with van der Waals surface area (Å²) in [6.07, 6.45) is 2.34. The lowest BCUT2D eigenvalue weighted by Gasteiger charge is -2.16. The molecule has 0 spiro atoms. The first-order valence-electron chi connectivity index (χ1n) is 5.48. The monoisotopic (exact) mass is 270 g/mol. The van der Waals surface area contributed by atoms with E-state index in [1.807, 2.05) is 0 Å². The van der Waals surface area contributed by atoms with E-state index in [1.54, 1.807) is 13.1 Å². The lowest BCUT2D eigenvalue weighted by atomic mass is 10.2. The number of carbonyl (C=O) groups is 2. The summed E-state index contributed by atoms with van der Waals surface area (Å²) in [6, 6.07) is 3.12. The average molecular weight is 271 g/mol. The first kappa shape index (κ1) is 14.4. The predicted octanol–water partition coefficient (Wildman–Crippen LogP) is 1.76. The Morgan fingerprint density at radius 1 is 1.50 bits per heavy atom. The van der Waals surface area contributed by atoms with Crippen LogP contribution in [0.2, 0.25) is 5.15 Å². The molecule has 6 heteroatoms. The second-order valence-corrected chi connectivity index (χ2v) is 4.16. The third kappa shape index (κ3) is 4.33. The molecule has 0 saturated heterocycles. The third-order valence-corrected chi connectivity index (χ3v) is 2.63. The van der Waals surface area contributed by atoms with Gasteiger partial charge in [0.2, 0.25) is 0 Å². The number of methoxy groups -OCH3 is 1. The van der Waals surface area contributed by atoms with Crippen LogP contribution in [0.4, 0.5) is 0 Å². The van der Waals surface area contributed by atoms with Crippen molar-refractivity contribution in [2.75, 3.05) is 20.7 Å². The molecule has 98 valence electrons. The number of amides is 1. The first-order valence-corrected chi connectivity index (χ1v) is 5.86. The van der Waals surface area contributed by atoms with Crippen molar-refractivity contribution in [1.29, 1.82) is 0 Å². The van der Waals surface area contributed by atoms with Crippen LogP contribution in [-0.2, 0) is 9.53 Å². The number of carbonyl (C=O) groups excluding carboxylic acids is 2. The number of esters is 1. The molecule has 18 heavy (non-hydrogen) atoms. The highest BCUT2D eigenvalue weighted by atomic mass is 35.5. The zero-order valence-electron chi connectivity index (χ0n) is 10.4. The van der Waals surface area contributed by atoms with Crippen LogP contribution >= 0.6 is 11.6 Å².